The van der Waals surface area contributed by atoms with Crippen molar-refractivity contribution in [2.45, 2.75) is 20.8 Å². The Bertz CT molecular complexity index is 239. The Morgan fingerprint density at radius 1 is 0.875 bits per heavy atom. The van der Waals surface area contributed by atoms with Crippen molar-refractivity contribution in [2.24, 2.45) is 0 Å². The average Bonchev–Trinajstić information content (AvgIpc) is 2.28. The van der Waals surface area contributed by atoms with Gasteiger partial charge in [-0.15, -0.1) is 0 Å². The van der Waals surface area contributed by atoms with E-state index in [0.29, 0.717) is 19.6 Å². The molecular weight excluding hydrogens is 206 g/mol. The number of carbonyl (C=O) groups is 2. The number of nitrogens with zero attached hydrogens (tertiary/aromatic N) is 3. The lowest BCUT2D eigenvalue weighted by molar-refractivity contribution is -0.131. The minimum Gasteiger partial charge on any atom is -0.342 e. The van der Waals surface area contributed by atoms with Crippen LogP contribution in [0.25, 0.3) is 0 Å². The Morgan fingerprint density at radius 3 is 1.75 bits per heavy atom. The number of carbonyl (C=O) groups excluding carboxylic acids is 2. The minimum absolute atomic E-state index is 0.00893. The highest BCUT2D eigenvalue weighted by Gasteiger charge is 2.18. The Kier molecular flexibility index (Phi) is 6.53. The van der Waals surface area contributed by atoms with Crippen LogP contribution in [-0.4, -0.2) is 66.9 Å². The van der Waals surface area contributed by atoms with Crippen LogP contribution in [0.5, 0.6) is 0 Å². The van der Waals surface area contributed by atoms with Gasteiger partial charge in [0.1, 0.15) is 6.54 Å². The average molecular weight is 229 g/mol. The van der Waals surface area contributed by atoms with Crippen LogP contribution >= 0.6 is 0 Å². The highest BCUT2D eigenvalue weighted by Crippen LogP contribution is 1.96. The maximum Gasteiger partial charge on any atom is 0.319 e. The zero-order valence-corrected chi connectivity index (χ0v) is 11.0. The summed E-state index contributed by atoms with van der Waals surface area (Å²) in [6, 6.07) is -0.122. The molecule has 0 spiro atoms. The van der Waals surface area contributed by atoms with Gasteiger partial charge < -0.3 is 14.7 Å². The number of amides is 3. The Balaban J connectivity index is 4.28. The molecule has 0 N–H and O–H groups in total. The van der Waals surface area contributed by atoms with Crippen LogP contribution in [0.3, 0.4) is 0 Å². The first-order valence-corrected chi connectivity index (χ1v) is 5.71. The zero-order valence-electron chi connectivity index (χ0n) is 11.0. The highest BCUT2D eigenvalue weighted by molar-refractivity contribution is 5.83. The molecule has 5 nitrogen and oxygen atoms in total. The fourth-order valence-electron chi connectivity index (χ4n) is 1.37. The third-order valence-electron chi connectivity index (χ3n) is 2.62. The first-order valence-electron chi connectivity index (χ1n) is 5.71. The van der Waals surface area contributed by atoms with Gasteiger partial charge in [0.05, 0.1) is 0 Å². The van der Waals surface area contributed by atoms with Gasteiger partial charge in [0.15, 0.2) is 0 Å². The summed E-state index contributed by atoms with van der Waals surface area (Å²) in [5, 5.41) is 0. The minimum atomic E-state index is -0.122. The number of rotatable bonds is 5. The molecule has 94 valence electrons. The quantitative estimate of drug-likeness (QED) is 0.702. The lowest BCUT2D eigenvalue weighted by Crippen LogP contribution is -2.45. The van der Waals surface area contributed by atoms with Crippen molar-refractivity contribution in [2.75, 3.05) is 40.3 Å². The first kappa shape index (κ1) is 14.7. The molecule has 0 saturated carbocycles. The largest absolute Gasteiger partial charge is 0.342 e. The normalized spacial score (nSPS) is 9.81. The molecule has 0 rings (SSSR count). The molecule has 0 heterocycles. The van der Waals surface area contributed by atoms with Crippen LogP contribution in [0, 0.1) is 0 Å². The lowest BCUT2D eigenvalue weighted by Gasteiger charge is -2.26. The SMILES string of the molecule is CCN(C)C(=O)N(C)CC(=O)N(CC)CC. The summed E-state index contributed by atoms with van der Waals surface area (Å²) in [5.74, 6) is -0.00893. The van der Waals surface area contributed by atoms with E-state index in [1.54, 1.807) is 23.9 Å². The molecular formula is C11H23N3O2. The predicted octanol–water partition coefficient (Wildman–Crippen LogP) is 0.858. The Hall–Kier alpha value is -1.26. The summed E-state index contributed by atoms with van der Waals surface area (Å²) in [4.78, 5) is 28.2. The predicted molar refractivity (Wildman–Crippen MR) is 64.3 cm³/mol. The van der Waals surface area contributed by atoms with Crippen molar-refractivity contribution < 1.29 is 9.59 Å². The van der Waals surface area contributed by atoms with Crippen molar-refractivity contribution in [3.8, 4) is 0 Å². The second kappa shape index (κ2) is 7.09. The summed E-state index contributed by atoms with van der Waals surface area (Å²) in [6.07, 6.45) is 0. The maximum atomic E-state index is 11.7. The van der Waals surface area contributed by atoms with E-state index >= 15 is 0 Å². The third kappa shape index (κ3) is 4.08. The molecule has 0 aromatic heterocycles. The second-order valence-electron chi connectivity index (χ2n) is 3.72. The van der Waals surface area contributed by atoms with Crippen molar-refractivity contribution in [1.29, 1.82) is 0 Å². The zero-order chi connectivity index (χ0) is 12.7. The summed E-state index contributed by atoms with van der Waals surface area (Å²) < 4.78 is 0. The highest BCUT2D eigenvalue weighted by atomic mass is 16.2. The van der Waals surface area contributed by atoms with Gasteiger partial charge >= 0.3 is 6.03 Å². The molecule has 0 radical (unpaired) electrons. The molecule has 3 amide bonds. The topological polar surface area (TPSA) is 43.9 Å². The Morgan fingerprint density at radius 2 is 1.38 bits per heavy atom. The van der Waals surface area contributed by atoms with Gasteiger partial charge in [0.25, 0.3) is 0 Å². The first-order chi connectivity index (χ1) is 7.47. The van der Waals surface area contributed by atoms with Crippen LogP contribution in [0.1, 0.15) is 20.8 Å². The summed E-state index contributed by atoms with van der Waals surface area (Å²) in [5.41, 5.74) is 0. The van der Waals surface area contributed by atoms with Crippen LogP contribution in [0.4, 0.5) is 4.79 Å². The van der Waals surface area contributed by atoms with Crippen LogP contribution in [0.2, 0.25) is 0 Å². The molecule has 0 fully saturated rings. The molecule has 0 aromatic carbocycles. The summed E-state index contributed by atoms with van der Waals surface area (Å²) >= 11 is 0. The molecule has 16 heavy (non-hydrogen) atoms. The molecule has 0 aliphatic heterocycles. The van der Waals surface area contributed by atoms with E-state index in [4.69, 9.17) is 0 Å². The molecule has 0 aliphatic rings. The third-order valence-corrected chi connectivity index (χ3v) is 2.62. The van der Waals surface area contributed by atoms with E-state index < -0.39 is 0 Å². The van der Waals surface area contributed by atoms with Gasteiger partial charge in [-0.25, -0.2) is 4.79 Å². The number of urea groups is 1. The van der Waals surface area contributed by atoms with Crippen molar-refractivity contribution in [3.05, 3.63) is 0 Å². The fraction of sp³-hybridized carbons (Fsp3) is 0.818. The number of likely N-dealkylation sites (N-methyl/N-ethyl adjacent to an activating group) is 2. The van der Waals surface area contributed by atoms with Gasteiger partial charge in [-0.3, -0.25) is 4.79 Å². The van der Waals surface area contributed by atoms with Gasteiger partial charge in [0, 0.05) is 33.7 Å². The maximum absolute atomic E-state index is 11.7. The molecule has 0 aromatic rings. The van der Waals surface area contributed by atoms with E-state index in [2.05, 4.69) is 0 Å². The second-order valence-corrected chi connectivity index (χ2v) is 3.72. The molecule has 0 aliphatic carbocycles. The Labute approximate surface area is 98.0 Å². The number of hydrogen-bond acceptors (Lipinski definition) is 2. The molecule has 5 heteroatoms. The van der Waals surface area contributed by atoms with Crippen molar-refractivity contribution in [3.63, 3.8) is 0 Å². The van der Waals surface area contributed by atoms with Crippen LogP contribution in [-0.2, 0) is 4.79 Å². The van der Waals surface area contributed by atoms with E-state index in [1.165, 1.54) is 4.90 Å². The lowest BCUT2D eigenvalue weighted by atomic mass is 10.4. The molecule has 0 unspecified atom stereocenters. The van der Waals surface area contributed by atoms with Gasteiger partial charge in [-0.1, -0.05) is 0 Å². The van der Waals surface area contributed by atoms with E-state index in [0.717, 1.165) is 0 Å². The van der Waals surface area contributed by atoms with Crippen LogP contribution < -0.4 is 0 Å². The standard InChI is InChI=1S/C11H23N3O2/c1-6-12(4)11(16)13(5)9-10(15)14(7-2)8-3/h6-9H2,1-5H3. The fourth-order valence-corrected chi connectivity index (χ4v) is 1.37. The van der Waals surface area contributed by atoms with Crippen LogP contribution in [0.15, 0.2) is 0 Å². The molecule has 0 atom stereocenters. The molecule has 0 bridgehead atoms. The van der Waals surface area contributed by atoms with Crippen molar-refractivity contribution >= 4 is 11.9 Å². The van der Waals surface area contributed by atoms with E-state index in [-0.39, 0.29) is 18.5 Å². The molecule has 0 saturated heterocycles. The van der Waals surface area contributed by atoms with Gasteiger partial charge in [-0.2, -0.15) is 0 Å². The van der Waals surface area contributed by atoms with E-state index in [9.17, 15) is 9.59 Å². The summed E-state index contributed by atoms with van der Waals surface area (Å²) in [7, 11) is 3.37. The van der Waals surface area contributed by atoms with Crippen molar-refractivity contribution in [1.82, 2.24) is 14.7 Å². The van der Waals surface area contributed by atoms with Gasteiger partial charge in [-0.05, 0) is 20.8 Å². The van der Waals surface area contributed by atoms with E-state index in [1.807, 2.05) is 20.8 Å². The van der Waals surface area contributed by atoms with Gasteiger partial charge in [0.2, 0.25) is 5.91 Å². The summed E-state index contributed by atoms with van der Waals surface area (Å²) in [6.45, 7) is 7.91. The smallest absolute Gasteiger partial charge is 0.319 e. The monoisotopic (exact) mass is 229 g/mol. The number of hydrogen-bond donors (Lipinski definition) is 0.